The summed E-state index contributed by atoms with van der Waals surface area (Å²) >= 11 is 1.67. The highest BCUT2D eigenvalue weighted by molar-refractivity contribution is 7.12. The first-order valence-corrected chi connectivity index (χ1v) is 7.66. The van der Waals surface area contributed by atoms with Crippen molar-refractivity contribution in [3.8, 4) is 0 Å². The predicted octanol–water partition coefficient (Wildman–Crippen LogP) is 2.54. The number of oxime groups is 1. The van der Waals surface area contributed by atoms with Crippen molar-refractivity contribution in [3.05, 3.63) is 21.9 Å². The van der Waals surface area contributed by atoms with E-state index in [9.17, 15) is 4.79 Å². The molecule has 4 N–H and O–H groups in total. The van der Waals surface area contributed by atoms with Gasteiger partial charge in [-0.1, -0.05) is 18.0 Å². The lowest BCUT2D eigenvalue weighted by Crippen LogP contribution is -2.48. The summed E-state index contributed by atoms with van der Waals surface area (Å²) in [7, 11) is 0. The Morgan fingerprint density at radius 2 is 2.15 bits per heavy atom. The Kier molecular flexibility index (Phi) is 4.32. The molecule has 0 aromatic carbocycles. The molecule has 1 amide bonds. The first-order valence-electron chi connectivity index (χ1n) is 6.85. The van der Waals surface area contributed by atoms with Crippen molar-refractivity contribution in [2.75, 3.05) is 0 Å². The highest BCUT2D eigenvalue weighted by Gasteiger charge is 2.45. The number of carbonyl (C=O) groups excluding carboxylic acids is 1. The molecular weight excluding hydrogens is 274 g/mol. The van der Waals surface area contributed by atoms with Gasteiger partial charge in [-0.05, 0) is 38.8 Å². The van der Waals surface area contributed by atoms with Gasteiger partial charge in [-0.25, -0.2) is 0 Å². The molecule has 1 unspecified atom stereocenters. The average Bonchev–Trinajstić information content (AvgIpc) is 3.07. The molecule has 1 aromatic heterocycles. The van der Waals surface area contributed by atoms with Crippen molar-refractivity contribution >= 4 is 23.1 Å². The smallest absolute Gasteiger partial charge is 0.234 e. The molecule has 1 aliphatic carbocycles. The predicted molar refractivity (Wildman–Crippen MR) is 79.9 cm³/mol. The summed E-state index contributed by atoms with van der Waals surface area (Å²) in [5, 5.41) is 15.0. The van der Waals surface area contributed by atoms with Gasteiger partial charge >= 0.3 is 0 Å². The van der Waals surface area contributed by atoms with E-state index in [1.807, 2.05) is 26.0 Å². The van der Waals surface area contributed by atoms with E-state index < -0.39 is 5.41 Å². The van der Waals surface area contributed by atoms with Crippen LogP contribution in [-0.4, -0.2) is 17.0 Å². The van der Waals surface area contributed by atoms with Crippen LogP contribution >= 0.6 is 11.3 Å². The summed E-state index contributed by atoms with van der Waals surface area (Å²) in [5.74, 6) is -0.106. The van der Waals surface area contributed by atoms with Crippen molar-refractivity contribution in [2.45, 2.75) is 45.6 Å². The Bertz CT molecular complexity index is 518. The van der Waals surface area contributed by atoms with E-state index in [2.05, 4.69) is 10.5 Å². The fraction of sp³-hybridized carbons (Fsp3) is 0.571. The number of amides is 1. The number of nitrogens with zero attached hydrogens (tertiary/aromatic N) is 1. The van der Waals surface area contributed by atoms with E-state index in [-0.39, 0.29) is 17.8 Å². The maximum absolute atomic E-state index is 12.6. The van der Waals surface area contributed by atoms with Crippen molar-refractivity contribution < 1.29 is 10.0 Å². The summed E-state index contributed by atoms with van der Waals surface area (Å²) in [6, 6.07) is 4.00. The number of nitrogens with two attached hydrogens (primary N) is 1. The molecule has 110 valence electrons. The van der Waals surface area contributed by atoms with Gasteiger partial charge in [-0.15, -0.1) is 11.3 Å². The number of hydrogen-bond donors (Lipinski definition) is 3. The molecule has 1 fully saturated rings. The van der Waals surface area contributed by atoms with Gasteiger partial charge in [-0.2, -0.15) is 0 Å². The molecule has 1 heterocycles. The number of rotatable bonds is 4. The van der Waals surface area contributed by atoms with Gasteiger partial charge in [-0.3, -0.25) is 4.79 Å². The number of thiophene rings is 1. The maximum atomic E-state index is 12.6. The summed E-state index contributed by atoms with van der Waals surface area (Å²) in [6.45, 7) is 4.00. The lowest BCUT2D eigenvalue weighted by molar-refractivity contribution is -0.128. The molecular formula is C14H21N3O2S. The molecule has 20 heavy (non-hydrogen) atoms. The highest BCUT2D eigenvalue weighted by atomic mass is 32.1. The van der Waals surface area contributed by atoms with Crippen LogP contribution in [0.1, 0.15) is 48.4 Å². The maximum Gasteiger partial charge on any atom is 0.234 e. The minimum atomic E-state index is -0.838. The van der Waals surface area contributed by atoms with E-state index in [1.165, 1.54) is 4.88 Å². The summed E-state index contributed by atoms with van der Waals surface area (Å²) in [6.07, 6.45) is 3.14. The van der Waals surface area contributed by atoms with Crippen LogP contribution in [0.15, 0.2) is 17.3 Å². The number of amidine groups is 1. The molecule has 0 aliphatic heterocycles. The van der Waals surface area contributed by atoms with Crippen LogP contribution in [0.3, 0.4) is 0 Å². The third-order valence-electron chi connectivity index (χ3n) is 4.03. The first-order chi connectivity index (χ1) is 9.49. The van der Waals surface area contributed by atoms with Gasteiger partial charge in [0.1, 0.15) is 5.41 Å². The molecule has 5 nitrogen and oxygen atoms in total. The van der Waals surface area contributed by atoms with Gasteiger partial charge in [0.05, 0.1) is 6.04 Å². The second-order valence-corrected chi connectivity index (χ2v) is 6.74. The van der Waals surface area contributed by atoms with Crippen LogP contribution in [0.25, 0.3) is 0 Å². The molecule has 6 heteroatoms. The van der Waals surface area contributed by atoms with Gasteiger partial charge in [0.15, 0.2) is 5.84 Å². The molecule has 2 rings (SSSR count). The van der Waals surface area contributed by atoms with E-state index in [1.54, 1.807) is 11.3 Å². The summed E-state index contributed by atoms with van der Waals surface area (Å²) in [5.41, 5.74) is 4.94. The zero-order valence-electron chi connectivity index (χ0n) is 11.8. The Morgan fingerprint density at radius 3 is 2.65 bits per heavy atom. The van der Waals surface area contributed by atoms with Gasteiger partial charge in [0.2, 0.25) is 5.91 Å². The number of nitrogens with one attached hydrogen (secondary N) is 1. The Labute approximate surface area is 122 Å². The fourth-order valence-electron chi connectivity index (χ4n) is 2.77. The SMILES string of the molecule is Cc1ccc(C(C)NC(=O)C2(C(N)=NO)CCCC2)s1. The third-order valence-corrected chi connectivity index (χ3v) is 5.21. The van der Waals surface area contributed by atoms with Crippen LogP contribution in [-0.2, 0) is 4.79 Å². The Morgan fingerprint density at radius 1 is 1.50 bits per heavy atom. The van der Waals surface area contributed by atoms with Gasteiger partial charge < -0.3 is 16.3 Å². The van der Waals surface area contributed by atoms with Crippen molar-refractivity contribution in [1.29, 1.82) is 0 Å². The minimum absolute atomic E-state index is 0.0297. The van der Waals surface area contributed by atoms with Crippen LogP contribution in [0, 0.1) is 12.3 Å². The van der Waals surface area contributed by atoms with E-state index >= 15 is 0 Å². The summed E-state index contributed by atoms with van der Waals surface area (Å²) in [4.78, 5) is 14.9. The summed E-state index contributed by atoms with van der Waals surface area (Å²) < 4.78 is 0. The molecule has 1 aromatic rings. The second kappa shape index (κ2) is 5.83. The topological polar surface area (TPSA) is 87.7 Å². The van der Waals surface area contributed by atoms with E-state index in [0.717, 1.165) is 17.7 Å². The van der Waals surface area contributed by atoms with E-state index in [4.69, 9.17) is 10.9 Å². The number of aryl methyl sites for hydroxylation is 1. The monoisotopic (exact) mass is 295 g/mol. The molecule has 0 bridgehead atoms. The van der Waals surface area contributed by atoms with Crippen molar-refractivity contribution in [2.24, 2.45) is 16.3 Å². The highest BCUT2D eigenvalue weighted by Crippen LogP contribution is 2.39. The van der Waals surface area contributed by atoms with Gasteiger partial charge in [0, 0.05) is 9.75 Å². The standard InChI is InChI=1S/C14H21N3O2S/c1-9-5-6-11(20-9)10(2)16-13(18)14(12(15)17-19)7-3-4-8-14/h5-6,10,19H,3-4,7-8H2,1-2H3,(H2,15,17)(H,16,18). The number of hydrogen-bond acceptors (Lipinski definition) is 4. The third kappa shape index (κ3) is 2.65. The van der Waals surface area contributed by atoms with Crippen LogP contribution in [0.4, 0.5) is 0 Å². The molecule has 0 spiro atoms. The molecule has 1 aliphatic rings. The fourth-order valence-corrected chi connectivity index (χ4v) is 3.65. The van der Waals surface area contributed by atoms with Crippen molar-refractivity contribution in [1.82, 2.24) is 5.32 Å². The normalized spacial score (nSPS) is 19.8. The zero-order valence-corrected chi connectivity index (χ0v) is 12.7. The molecule has 1 saturated carbocycles. The number of carbonyl (C=O) groups is 1. The van der Waals surface area contributed by atoms with Crippen LogP contribution < -0.4 is 11.1 Å². The van der Waals surface area contributed by atoms with Crippen LogP contribution in [0.5, 0.6) is 0 Å². The quantitative estimate of drug-likeness (QED) is 0.345. The van der Waals surface area contributed by atoms with Crippen molar-refractivity contribution in [3.63, 3.8) is 0 Å². The van der Waals surface area contributed by atoms with Gasteiger partial charge in [0.25, 0.3) is 0 Å². The van der Waals surface area contributed by atoms with Crippen LogP contribution in [0.2, 0.25) is 0 Å². The van der Waals surface area contributed by atoms with E-state index in [0.29, 0.717) is 12.8 Å². The molecule has 0 radical (unpaired) electrons. The zero-order chi connectivity index (χ0) is 14.8. The Balaban J connectivity index is 2.13. The minimum Gasteiger partial charge on any atom is -0.409 e. The second-order valence-electron chi connectivity index (χ2n) is 5.42. The lowest BCUT2D eigenvalue weighted by atomic mass is 9.83. The Hall–Kier alpha value is -1.56. The molecule has 0 saturated heterocycles. The lowest BCUT2D eigenvalue weighted by Gasteiger charge is -2.27. The average molecular weight is 295 g/mol. The first kappa shape index (κ1) is 14.8. The largest absolute Gasteiger partial charge is 0.409 e. The molecule has 1 atom stereocenters.